The Morgan fingerprint density at radius 2 is 2.04 bits per heavy atom. The maximum absolute atomic E-state index is 12.2. The van der Waals surface area contributed by atoms with Crippen molar-refractivity contribution in [3.05, 3.63) is 65.5 Å². The first-order valence-electron chi connectivity index (χ1n) is 8.45. The van der Waals surface area contributed by atoms with Gasteiger partial charge in [-0.15, -0.1) is 10.2 Å². The molecule has 136 valence electrons. The van der Waals surface area contributed by atoms with Crippen LogP contribution in [0.3, 0.4) is 0 Å². The van der Waals surface area contributed by atoms with Crippen molar-refractivity contribution in [2.75, 3.05) is 5.32 Å². The van der Waals surface area contributed by atoms with Gasteiger partial charge in [-0.25, -0.2) is 4.79 Å². The summed E-state index contributed by atoms with van der Waals surface area (Å²) in [6, 6.07) is 14.4. The van der Waals surface area contributed by atoms with E-state index in [1.807, 2.05) is 24.3 Å². The number of para-hydroxylation sites is 2. The summed E-state index contributed by atoms with van der Waals surface area (Å²) in [6.45, 7) is 0.408. The maximum Gasteiger partial charge on any atom is 0.419 e. The molecule has 8 nitrogen and oxygen atoms in total. The van der Waals surface area contributed by atoms with E-state index < -0.39 is 5.76 Å². The lowest BCUT2D eigenvalue weighted by Gasteiger charge is -2.06. The number of benzene rings is 2. The lowest BCUT2D eigenvalue weighted by molar-refractivity contribution is -0.116. The zero-order valence-corrected chi connectivity index (χ0v) is 14.3. The highest BCUT2D eigenvalue weighted by atomic mass is 16.4. The minimum atomic E-state index is -0.413. The smallest absolute Gasteiger partial charge is 0.419 e. The minimum absolute atomic E-state index is 0.140. The van der Waals surface area contributed by atoms with Crippen molar-refractivity contribution in [1.82, 2.24) is 14.8 Å². The molecular weight excluding hydrogens is 348 g/mol. The van der Waals surface area contributed by atoms with Gasteiger partial charge in [-0.1, -0.05) is 18.2 Å². The Labute approximate surface area is 153 Å². The normalized spacial score (nSPS) is 11.0. The van der Waals surface area contributed by atoms with Crippen LogP contribution in [0.1, 0.15) is 12.8 Å². The van der Waals surface area contributed by atoms with E-state index in [9.17, 15) is 9.59 Å². The zero-order valence-electron chi connectivity index (χ0n) is 14.3. The number of oxazole rings is 1. The van der Waals surface area contributed by atoms with E-state index in [4.69, 9.17) is 8.83 Å². The molecule has 0 aliphatic rings. The summed E-state index contributed by atoms with van der Waals surface area (Å²) < 4.78 is 11.9. The molecule has 0 saturated heterocycles. The number of nitrogens with zero attached hydrogens (tertiary/aromatic N) is 3. The molecule has 0 spiro atoms. The van der Waals surface area contributed by atoms with Gasteiger partial charge in [0.25, 0.3) is 0 Å². The molecule has 0 unspecified atom stereocenters. The summed E-state index contributed by atoms with van der Waals surface area (Å²) in [5.74, 6) is -0.167. The van der Waals surface area contributed by atoms with Crippen LogP contribution in [0, 0.1) is 0 Å². The fourth-order valence-corrected chi connectivity index (χ4v) is 2.88. The number of aryl methyl sites for hydroxylation is 1. The van der Waals surface area contributed by atoms with Crippen LogP contribution in [0.5, 0.6) is 0 Å². The first-order chi connectivity index (χ1) is 13.2. The van der Waals surface area contributed by atoms with Crippen LogP contribution >= 0.6 is 0 Å². The van der Waals surface area contributed by atoms with Crippen molar-refractivity contribution < 1.29 is 13.6 Å². The van der Waals surface area contributed by atoms with E-state index in [0.717, 1.165) is 11.1 Å². The van der Waals surface area contributed by atoms with Crippen LogP contribution in [-0.4, -0.2) is 20.7 Å². The second-order valence-electron chi connectivity index (χ2n) is 5.96. The molecule has 0 aliphatic carbocycles. The fraction of sp³-hybridized carbons (Fsp3) is 0.158. The topological polar surface area (TPSA) is 103 Å². The van der Waals surface area contributed by atoms with Gasteiger partial charge < -0.3 is 14.2 Å². The number of aromatic nitrogens is 3. The van der Waals surface area contributed by atoms with Crippen LogP contribution < -0.4 is 11.1 Å². The van der Waals surface area contributed by atoms with E-state index >= 15 is 0 Å². The third-order valence-corrected chi connectivity index (χ3v) is 4.11. The molecule has 2 heterocycles. The van der Waals surface area contributed by atoms with Crippen molar-refractivity contribution in [2.45, 2.75) is 19.4 Å². The lowest BCUT2D eigenvalue weighted by atomic mass is 10.2. The Hall–Kier alpha value is -3.68. The molecule has 2 aromatic carbocycles. The first kappa shape index (κ1) is 16.8. The van der Waals surface area contributed by atoms with Gasteiger partial charge in [-0.3, -0.25) is 9.36 Å². The predicted molar refractivity (Wildman–Crippen MR) is 98.1 cm³/mol. The molecule has 0 bridgehead atoms. The second-order valence-corrected chi connectivity index (χ2v) is 5.96. The van der Waals surface area contributed by atoms with Crippen LogP contribution in [0.4, 0.5) is 5.69 Å². The number of rotatable bonds is 6. The van der Waals surface area contributed by atoms with Crippen molar-refractivity contribution in [1.29, 1.82) is 0 Å². The molecular formula is C19H16N4O4. The standard InChI is InChI=1S/C19H16N4O4/c24-17(21-14-6-3-5-13(11-14)18-22-20-12-26-18)9-4-10-23-15-7-1-2-8-16(15)27-19(23)25/h1-3,5-8,11-12H,4,9-10H2,(H,21,24). The first-order valence-corrected chi connectivity index (χ1v) is 8.45. The Morgan fingerprint density at radius 1 is 1.15 bits per heavy atom. The van der Waals surface area contributed by atoms with Crippen LogP contribution in [0.2, 0.25) is 0 Å². The molecule has 2 aromatic heterocycles. The summed E-state index contributed by atoms with van der Waals surface area (Å²) in [5, 5.41) is 10.3. The molecule has 0 atom stereocenters. The van der Waals surface area contributed by atoms with Crippen molar-refractivity contribution in [3.8, 4) is 11.5 Å². The highest BCUT2D eigenvalue weighted by Gasteiger charge is 2.10. The maximum atomic E-state index is 12.2. The van der Waals surface area contributed by atoms with Crippen LogP contribution in [-0.2, 0) is 11.3 Å². The Balaban J connectivity index is 1.37. The molecule has 4 aromatic rings. The Kier molecular flexibility index (Phi) is 4.52. The highest BCUT2D eigenvalue weighted by molar-refractivity contribution is 5.91. The fourth-order valence-electron chi connectivity index (χ4n) is 2.88. The Bertz CT molecular complexity index is 1130. The number of amides is 1. The summed E-state index contributed by atoms with van der Waals surface area (Å²) in [7, 11) is 0. The van der Waals surface area contributed by atoms with Gasteiger partial charge in [0.15, 0.2) is 5.58 Å². The number of nitrogens with one attached hydrogen (secondary N) is 1. The minimum Gasteiger partial charge on any atom is -0.423 e. The van der Waals surface area contributed by atoms with Crippen LogP contribution in [0.25, 0.3) is 22.6 Å². The summed E-state index contributed by atoms with van der Waals surface area (Å²) in [5.41, 5.74) is 2.64. The summed E-state index contributed by atoms with van der Waals surface area (Å²) in [4.78, 5) is 24.1. The molecule has 1 amide bonds. The highest BCUT2D eigenvalue weighted by Crippen LogP contribution is 2.20. The van der Waals surface area contributed by atoms with E-state index in [0.29, 0.717) is 30.1 Å². The summed E-state index contributed by atoms with van der Waals surface area (Å²) in [6.07, 6.45) is 2.04. The second kappa shape index (κ2) is 7.28. The predicted octanol–water partition coefficient (Wildman–Crippen LogP) is 3.06. The molecule has 0 radical (unpaired) electrons. The quantitative estimate of drug-likeness (QED) is 0.564. The van der Waals surface area contributed by atoms with Gasteiger partial charge >= 0.3 is 5.76 Å². The molecule has 1 N–H and O–H groups in total. The van der Waals surface area contributed by atoms with Gasteiger partial charge in [0.2, 0.25) is 18.2 Å². The van der Waals surface area contributed by atoms with Gasteiger partial charge in [0, 0.05) is 24.2 Å². The number of hydrogen-bond acceptors (Lipinski definition) is 6. The van der Waals surface area contributed by atoms with Crippen LogP contribution in [0.15, 0.2) is 68.6 Å². The van der Waals surface area contributed by atoms with Crippen molar-refractivity contribution in [3.63, 3.8) is 0 Å². The Morgan fingerprint density at radius 3 is 2.89 bits per heavy atom. The SMILES string of the molecule is O=C(CCCn1c(=O)oc2ccccc21)Nc1cccc(-c2nnco2)c1. The van der Waals surface area contributed by atoms with Gasteiger partial charge in [0.05, 0.1) is 5.52 Å². The van der Waals surface area contributed by atoms with E-state index in [1.165, 1.54) is 6.39 Å². The average Bonchev–Trinajstić information content (AvgIpc) is 3.30. The summed E-state index contributed by atoms with van der Waals surface area (Å²) >= 11 is 0. The average molecular weight is 364 g/mol. The largest absolute Gasteiger partial charge is 0.423 e. The number of fused-ring (bicyclic) bond motifs is 1. The monoisotopic (exact) mass is 364 g/mol. The molecule has 0 saturated carbocycles. The molecule has 0 aliphatic heterocycles. The third kappa shape index (κ3) is 3.64. The van der Waals surface area contributed by atoms with Gasteiger partial charge in [-0.05, 0) is 36.8 Å². The van der Waals surface area contributed by atoms with E-state index in [-0.39, 0.29) is 12.3 Å². The van der Waals surface area contributed by atoms with Gasteiger partial charge in [0.1, 0.15) is 0 Å². The number of carbonyl (C=O) groups is 1. The van der Waals surface area contributed by atoms with Gasteiger partial charge in [-0.2, -0.15) is 0 Å². The molecule has 27 heavy (non-hydrogen) atoms. The van der Waals surface area contributed by atoms with E-state index in [1.54, 1.807) is 28.8 Å². The molecule has 8 heteroatoms. The van der Waals surface area contributed by atoms with Crippen molar-refractivity contribution >= 4 is 22.7 Å². The van der Waals surface area contributed by atoms with E-state index in [2.05, 4.69) is 15.5 Å². The van der Waals surface area contributed by atoms with Crippen molar-refractivity contribution in [2.24, 2.45) is 0 Å². The lowest BCUT2D eigenvalue weighted by Crippen LogP contribution is -2.17. The molecule has 4 rings (SSSR count). The number of anilines is 1. The molecule has 0 fully saturated rings. The zero-order chi connectivity index (χ0) is 18.6. The number of carbonyl (C=O) groups excluding carboxylic acids is 1. The number of hydrogen-bond donors (Lipinski definition) is 1. The third-order valence-electron chi connectivity index (χ3n) is 4.11.